The summed E-state index contributed by atoms with van der Waals surface area (Å²) in [5, 5.41) is 13.3. The minimum absolute atomic E-state index is 0.0371. The van der Waals surface area contributed by atoms with Gasteiger partial charge in [0.1, 0.15) is 0 Å². The zero-order valence-corrected chi connectivity index (χ0v) is 19.1. The van der Waals surface area contributed by atoms with Crippen LogP contribution in [0.15, 0.2) is 42.5 Å². The van der Waals surface area contributed by atoms with Gasteiger partial charge in [0.25, 0.3) is 0 Å². The van der Waals surface area contributed by atoms with Crippen LogP contribution in [0.1, 0.15) is 28.6 Å². The van der Waals surface area contributed by atoms with Crippen LogP contribution in [0, 0.1) is 13.8 Å². The lowest BCUT2D eigenvalue weighted by Gasteiger charge is -2.40. The van der Waals surface area contributed by atoms with Gasteiger partial charge >= 0.3 is 0 Å². The van der Waals surface area contributed by atoms with Crippen LogP contribution in [0.2, 0.25) is 5.02 Å². The first kappa shape index (κ1) is 21.7. The molecule has 164 valence electrons. The highest BCUT2D eigenvalue weighted by molar-refractivity contribution is 6.30. The Bertz CT molecular complexity index is 998. The van der Waals surface area contributed by atoms with E-state index in [1.165, 1.54) is 16.8 Å². The van der Waals surface area contributed by atoms with Crippen molar-refractivity contribution in [2.24, 2.45) is 0 Å². The number of methoxy groups -OCH3 is 1. The van der Waals surface area contributed by atoms with Crippen LogP contribution in [0.25, 0.3) is 0 Å². The van der Waals surface area contributed by atoms with Crippen molar-refractivity contribution in [1.82, 2.24) is 25.1 Å². The van der Waals surface area contributed by atoms with Crippen LogP contribution in [0.3, 0.4) is 0 Å². The van der Waals surface area contributed by atoms with Crippen LogP contribution in [-0.4, -0.2) is 65.0 Å². The van der Waals surface area contributed by atoms with Crippen LogP contribution in [0.4, 0.5) is 5.69 Å². The standard InChI is InChI=1S/C23H29ClN6O/c1-17-4-5-18(2)21(16-17)28-10-12-29(13-11-28)22(19-6-8-20(24)9-7-19)23-25-26-27-30(23)14-15-31-3/h4-9,16,22H,10-15H2,1-3H3/t22-/m0/s1. The van der Waals surface area contributed by atoms with Crippen LogP contribution in [0.5, 0.6) is 0 Å². The van der Waals surface area contributed by atoms with Gasteiger partial charge in [-0.1, -0.05) is 35.9 Å². The normalized spacial score (nSPS) is 15.9. The maximum absolute atomic E-state index is 6.16. The highest BCUT2D eigenvalue weighted by atomic mass is 35.5. The molecule has 1 saturated heterocycles. The number of hydrogen-bond acceptors (Lipinski definition) is 6. The maximum Gasteiger partial charge on any atom is 0.173 e. The van der Waals surface area contributed by atoms with Gasteiger partial charge in [0.05, 0.1) is 19.2 Å². The van der Waals surface area contributed by atoms with Gasteiger partial charge in [-0.3, -0.25) is 4.90 Å². The van der Waals surface area contributed by atoms with Gasteiger partial charge < -0.3 is 9.64 Å². The fourth-order valence-corrected chi connectivity index (χ4v) is 4.32. The number of tetrazole rings is 1. The molecule has 3 aromatic rings. The van der Waals surface area contributed by atoms with E-state index in [9.17, 15) is 0 Å². The molecule has 0 unspecified atom stereocenters. The third-order valence-corrected chi connectivity index (χ3v) is 6.13. The van der Waals surface area contributed by atoms with Crippen molar-refractivity contribution >= 4 is 17.3 Å². The minimum atomic E-state index is -0.0371. The lowest BCUT2D eigenvalue weighted by molar-refractivity contribution is 0.171. The molecule has 0 N–H and O–H groups in total. The Labute approximate surface area is 188 Å². The van der Waals surface area contributed by atoms with Gasteiger partial charge in [0, 0.05) is 44.0 Å². The Kier molecular flexibility index (Phi) is 6.85. The molecule has 1 atom stereocenters. The average molecular weight is 441 g/mol. The first-order valence-corrected chi connectivity index (χ1v) is 11.0. The van der Waals surface area contributed by atoms with E-state index in [1.807, 2.05) is 16.8 Å². The Hall–Kier alpha value is -2.48. The van der Waals surface area contributed by atoms with E-state index in [2.05, 4.69) is 69.5 Å². The average Bonchev–Trinajstić information content (AvgIpc) is 3.24. The Morgan fingerprint density at radius 3 is 2.48 bits per heavy atom. The van der Waals surface area contributed by atoms with Gasteiger partial charge in [0.15, 0.2) is 5.82 Å². The van der Waals surface area contributed by atoms with E-state index in [1.54, 1.807) is 7.11 Å². The molecule has 0 bridgehead atoms. The van der Waals surface area contributed by atoms with Crippen molar-refractivity contribution in [2.75, 3.05) is 44.8 Å². The summed E-state index contributed by atoms with van der Waals surface area (Å²) in [7, 11) is 1.69. The van der Waals surface area contributed by atoms with Crippen molar-refractivity contribution in [3.63, 3.8) is 0 Å². The Morgan fingerprint density at radius 2 is 1.77 bits per heavy atom. The molecule has 0 amide bonds. The molecule has 2 aromatic carbocycles. The molecule has 0 spiro atoms. The second-order valence-electron chi connectivity index (χ2n) is 8.02. The number of benzene rings is 2. The summed E-state index contributed by atoms with van der Waals surface area (Å²) in [5.41, 5.74) is 5.07. The van der Waals surface area contributed by atoms with Crippen molar-refractivity contribution in [3.05, 3.63) is 70.0 Å². The predicted octanol–water partition coefficient (Wildman–Crippen LogP) is 3.50. The molecule has 1 fully saturated rings. The smallest absolute Gasteiger partial charge is 0.173 e. The fraction of sp³-hybridized carbons (Fsp3) is 0.435. The lowest BCUT2D eigenvalue weighted by atomic mass is 10.0. The number of nitrogens with zero attached hydrogens (tertiary/aromatic N) is 6. The first-order chi connectivity index (χ1) is 15.1. The number of rotatable bonds is 7. The number of ether oxygens (including phenoxy) is 1. The summed E-state index contributed by atoms with van der Waals surface area (Å²) in [6.07, 6.45) is 0. The number of halogens is 1. The van der Waals surface area contributed by atoms with Crippen LogP contribution in [-0.2, 0) is 11.3 Å². The first-order valence-electron chi connectivity index (χ1n) is 10.6. The molecule has 0 aliphatic carbocycles. The second kappa shape index (κ2) is 9.77. The van der Waals surface area contributed by atoms with Gasteiger partial charge in [-0.05, 0) is 59.2 Å². The topological polar surface area (TPSA) is 59.3 Å². The summed E-state index contributed by atoms with van der Waals surface area (Å²) in [6.45, 7) is 9.24. The highest BCUT2D eigenvalue weighted by Crippen LogP contribution is 2.31. The van der Waals surface area contributed by atoms with E-state index in [-0.39, 0.29) is 6.04 Å². The predicted molar refractivity (Wildman–Crippen MR) is 123 cm³/mol. The quantitative estimate of drug-likeness (QED) is 0.560. The molecule has 1 aliphatic heterocycles. The summed E-state index contributed by atoms with van der Waals surface area (Å²) in [5.74, 6) is 0.833. The number of aryl methyl sites for hydroxylation is 2. The van der Waals surface area contributed by atoms with Crippen molar-refractivity contribution in [1.29, 1.82) is 0 Å². The molecule has 4 rings (SSSR count). The third-order valence-electron chi connectivity index (χ3n) is 5.88. The Morgan fingerprint density at radius 1 is 1.03 bits per heavy atom. The molecular formula is C23H29ClN6O. The van der Waals surface area contributed by atoms with E-state index in [4.69, 9.17) is 16.3 Å². The SMILES string of the molecule is COCCn1nnnc1[C@H](c1ccc(Cl)cc1)N1CCN(c2cc(C)ccc2C)CC1. The summed E-state index contributed by atoms with van der Waals surface area (Å²) in [6, 6.07) is 14.6. The molecular weight excluding hydrogens is 412 g/mol. The zero-order valence-electron chi connectivity index (χ0n) is 18.3. The third kappa shape index (κ3) is 4.89. The second-order valence-corrected chi connectivity index (χ2v) is 8.46. The van der Waals surface area contributed by atoms with E-state index >= 15 is 0 Å². The maximum atomic E-state index is 6.16. The van der Waals surface area contributed by atoms with Crippen molar-refractivity contribution < 1.29 is 4.74 Å². The molecule has 0 radical (unpaired) electrons. The summed E-state index contributed by atoms with van der Waals surface area (Å²) < 4.78 is 7.09. The van der Waals surface area contributed by atoms with Crippen molar-refractivity contribution in [2.45, 2.75) is 26.4 Å². The molecule has 0 saturated carbocycles. The monoisotopic (exact) mass is 440 g/mol. The van der Waals surface area contributed by atoms with E-state index in [0.717, 1.165) is 42.6 Å². The number of anilines is 1. The molecule has 1 aliphatic rings. The fourth-order valence-electron chi connectivity index (χ4n) is 4.19. The van der Waals surface area contributed by atoms with Crippen LogP contribution >= 0.6 is 11.6 Å². The van der Waals surface area contributed by atoms with Gasteiger partial charge in [-0.2, -0.15) is 0 Å². The Balaban J connectivity index is 1.59. The van der Waals surface area contributed by atoms with E-state index < -0.39 is 0 Å². The minimum Gasteiger partial charge on any atom is -0.383 e. The molecule has 2 heterocycles. The molecule has 31 heavy (non-hydrogen) atoms. The molecule has 8 heteroatoms. The highest BCUT2D eigenvalue weighted by Gasteiger charge is 2.31. The number of aromatic nitrogens is 4. The molecule has 7 nitrogen and oxygen atoms in total. The largest absolute Gasteiger partial charge is 0.383 e. The van der Waals surface area contributed by atoms with E-state index in [0.29, 0.717) is 13.2 Å². The number of piperazine rings is 1. The summed E-state index contributed by atoms with van der Waals surface area (Å²) in [4.78, 5) is 4.94. The van der Waals surface area contributed by atoms with Crippen LogP contribution < -0.4 is 4.90 Å². The van der Waals surface area contributed by atoms with Gasteiger partial charge in [-0.25, -0.2) is 4.68 Å². The van der Waals surface area contributed by atoms with Crippen molar-refractivity contribution in [3.8, 4) is 0 Å². The van der Waals surface area contributed by atoms with Gasteiger partial charge in [-0.15, -0.1) is 5.10 Å². The van der Waals surface area contributed by atoms with Gasteiger partial charge in [0.2, 0.25) is 0 Å². The lowest BCUT2D eigenvalue weighted by Crippen LogP contribution is -2.48. The zero-order chi connectivity index (χ0) is 21.8. The molecule has 1 aromatic heterocycles. The summed E-state index contributed by atoms with van der Waals surface area (Å²) >= 11 is 6.16. The number of hydrogen-bond donors (Lipinski definition) is 0.